The average molecular weight is 321 g/mol. The van der Waals surface area contributed by atoms with Crippen LogP contribution in [0.5, 0.6) is 0 Å². The fourth-order valence-corrected chi connectivity index (χ4v) is 2.18. The van der Waals surface area contributed by atoms with Gasteiger partial charge in [-0.05, 0) is 29.8 Å². The Balaban J connectivity index is 1.98. The number of furan rings is 1. The van der Waals surface area contributed by atoms with Crippen molar-refractivity contribution in [1.29, 1.82) is 0 Å². The Morgan fingerprint density at radius 2 is 1.95 bits per heavy atom. The molecule has 0 aliphatic rings. The number of nitrogens with one attached hydrogen (secondary N) is 2. The van der Waals surface area contributed by atoms with E-state index in [9.17, 15) is 9.59 Å². The van der Waals surface area contributed by atoms with Gasteiger partial charge < -0.3 is 15.1 Å². The first kappa shape index (κ1) is 16.1. The molecule has 0 bridgehead atoms. The molecule has 116 valence electrons. The predicted octanol–water partition coefficient (Wildman–Crippen LogP) is 2.82. The first-order valence-electron chi connectivity index (χ1n) is 6.86. The number of rotatable bonds is 6. The van der Waals surface area contributed by atoms with Gasteiger partial charge in [0, 0.05) is 11.9 Å². The minimum Gasteiger partial charge on any atom is -0.467 e. The fourth-order valence-electron chi connectivity index (χ4n) is 2.05. The standard InChI is InChI=1S/C16H17ClN2O3/c1-11(20)19-15(12-4-6-13(17)7-5-12)9-16(21)18-10-14-3-2-8-22-14/h2-8,15H,9-10H2,1H3,(H,18,21)(H,19,20)/t15-/m0/s1. The highest BCUT2D eigenvalue weighted by molar-refractivity contribution is 6.30. The van der Waals surface area contributed by atoms with Crippen LogP contribution in [0.15, 0.2) is 47.1 Å². The SMILES string of the molecule is CC(=O)N[C@@H](CC(=O)NCc1ccco1)c1ccc(Cl)cc1. The van der Waals surface area contributed by atoms with Gasteiger partial charge >= 0.3 is 0 Å². The quantitative estimate of drug-likeness (QED) is 0.859. The topological polar surface area (TPSA) is 71.3 Å². The summed E-state index contributed by atoms with van der Waals surface area (Å²) < 4.78 is 5.15. The number of hydrogen-bond donors (Lipinski definition) is 2. The van der Waals surface area contributed by atoms with Crippen molar-refractivity contribution >= 4 is 23.4 Å². The van der Waals surface area contributed by atoms with E-state index >= 15 is 0 Å². The molecule has 0 saturated carbocycles. The number of hydrogen-bond acceptors (Lipinski definition) is 3. The molecule has 2 aromatic rings. The van der Waals surface area contributed by atoms with Crippen LogP contribution in [-0.4, -0.2) is 11.8 Å². The number of amides is 2. The largest absolute Gasteiger partial charge is 0.467 e. The van der Waals surface area contributed by atoms with Gasteiger partial charge in [-0.1, -0.05) is 23.7 Å². The molecule has 2 amide bonds. The van der Waals surface area contributed by atoms with E-state index < -0.39 is 6.04 Å². The zero-order valence-corrected chi connectivity index (χ0v) is 12.9. The normalized spacial score (nSPS) is 11.7. The fraction of sp³-hybridized carbons (Fsp3) is 0.250. The number of carbonyl (C=O) groups is 2. The molecule has 5 nitrogen and oxygen atoms in total. The van der Waals surface area contributed by atoms with E-state index in [1.54, 1.807) is 42.7 Å². The van der Waals surface area contributed by atoms with Gasteiger partial charge in [-0.15, -0.1) is 0 Å². The van der Waals surface area contributed by atoms with Crippen LogP contribution in [0.2, 0.25) is 5.02 Å². The van der Waals surface area contributed by atoms with E-state index in [2.05, 4.69) is 10.6 Å². The maximum atomic E-state index is 12.0. The van der Waals surface area contributed by atoms with Gasteiger partial charge in [-0.25, -0.2) is 0 Å². The number of benzene rings is 1. The average Bonchev–Trinajstić information content (AvgIpc) is 2.98. The summed E-state index contributed by atoms with van der Waals surface area (Å²) in [5.74, 6) is 0.305. The van der Waals surface area contributed by atoms with Crippen LogP contribution in [0.4, 0.5) is 0 Å². The van der Waals surface area contributed by atoms with Gasteiger partial charge in [-0.2, -0.15) is 0 Å². The molecule has 0 aliphatic heterocycles. The third-order valence-electron chi connectivity index (χ3n) is 3.08. The van der Waals surface area contributed by atoms with Crippen molar-refractivity contribution in [3.63, 3.8) is 0 Å². The van der Waals surface area contributed by atoms with Crippen molar-refractivity contribution in [3.8, 4) is 0 Å². The molecule has 0 saturated heterocycles. The molecule has 0 fully saturated rings. The van der Waals surface area contributed by atoms with Crippen LogP contribution in [0, 0.1) is 0 Å². The lowest BCUT2D eigenvalue weighted by Gasteiger charge is -2.18. The lowest BCUT2D eigenvalue weighted by Crippen LogP contribution is -2.32. The van der Waals surface area contributed by atoms with Gasteiger partial charge in [0.15, 0.2) is 0 Å². The molecule has 0 aliphatic carbocycles. The second-order valence-electron chi connectivity index (χ2n) is 4.86. The van der Waals surface area contributed by atoms with Crippen molar-refractivity contribution in [2.75, 3.05) is 0 Å². The molecule has 1 heterocycles. The molecular formula is C16H17ClN2O3. The molecule has 0 unspecified atom stereocenters. The zero-order valence-electron chi connectivity index (χ0n) is 12.1. The molecule has 2 N–H and O–H groups in total. The smallest absolute Gasteiger partial charge is 0.222 e. The van der Waals surface area contributed by atoms with Gasteiger partial charge in [0.2, 0.25) is 11.8 Å². The maximum absolute atomic E-state index is 12.0. The van der Waals surface area contributed by atoms with Crippen molar-refractivity contribution in [2.45, 2.75) is 25.9 Å². The Morgan fingerprint density at radius 1 is 1.23 bits per heavy atom. The summed E-state index contributed by atoms with van der Waals surface area (Å²) in [5.41, 5.74) is 0.827. The van der Waals surface area contributed by atoms with E-state index in [-0.39, 0.29) is 18.2 Å². The summed E-state index contributed by atoms with van der Waals surface area (Å²) in [5, 5.41) is 6.14. The first-order valence-corrected chi connectivity index (χ1v) is 7.24. The predicted molar refractivity (Wildman–Crippen MR) is 83.2 cm³/mol. The van der Waals surface area contributed by atoms with Crippen LogP contribution < -0.4 is 10.6 Å². The third kappa shape index (κ3) is 4.93. The van der Waals surface area contributed by atoms with Crippen LogP contribution in [-0.2, 0) is 16.1 Å². The Labute approximate surface area is 133 Å². The van der Waals surface area contributed by atoms with Crippen molar-refractivity contribution in [1.82, 2.24) is 10.6 Å². The van der Waals surface area contributed by atoms with Crippen LogP contribution in [0.25, 0.3) is 0 Å². The van der Waals surface area contributed by atoms with Crippen molar-refractivity contribution in [3.05, 3.63) is 59.0 Å². The lowest BCUT2D eigenvalue weighted by molar-refractivity contribution is -0.123. The van der Waals surface area contributed by atoms with Crippen LogP contribution in [0.3, 0.4) is 0 Å². The number of carbonyl (C=O) groups excluding carboxylic acids is 2. The van der Waals surface area contributed by atoms with Crippen molar-refractivity contribution in [2.24, 2.45) is 0 Å². The second-order valence-corrected chi connectivity index (χ2v) is 5.30. The highest BCUT2D eigenvalue weighted by Gasteiger charge is 2.17. The van der Waals surface area contributed by atoms with Gasteiger partial charge in [0.25, 0.3) is 0 Å². The molecule has 1 aromatic heterocycles. The van der Waals surface area contributed by atoms with Gasteiger partial charge in [-0.3, -0.25) is 9.59 Å². The maximum Gasteiger partial charge on any atom is 0.222 e. The summed E-state index contributed by atoms with van der Waals surface area (Å²) in [6, 6.07) is 10.2. The van der Waals surface area contributed by atoms with E-state index in [0.717, 1.165) is 5.56 Å². The summed E-state index contributed by atoms with van der Waals surface area (Å²) in [7, 11) is 0. The molecule has 0 spiro atoms. The summed E-state index contributed by atoms with van der Waals surface area (Å²) in [6.45, 7) is 1.74. The Hall–Kier alpha value is -2.27. The molecular weight excluding hydrogens is 304 g/mol. The molecule has 1 atom stereocenters. The van der Waals surface area contributed by atoms with E-state index in [1.165, 1.54) is 6.92 Å². The molecule has 22 heavy (non-hydrogen) atoms. The Kier molecular flexibility index (Phi) is 5.61. The highest BCUT2D eigenvalue weighted by Crippen LogP contribution is 2.19. The Bertz CT molecular complexity index is 623. The zero-order chi connectivity index (χ0) is 15.9. The minimum absolute atomic E-state index is 0.141. The molecule has 1 aromatic carbocycles. The highest BCUT2D eigenvalue weighted by atomic mass is 35.5. The molecule has 0 radical (unpaired) electrons. The third-order valence-corrected chi connectivity index (χ3v) is 3.33. The van der Waals surface area contributed by atoms with Gasteiger partial charge in [0.1, 0.15) is 5.76 Å². The molecule has 6 heteroatoms. The summed E-state index contributed by atoms with van der Waals surface area (Å²) in [6.07, 6.45) is 1.69. The second kappa shape index (κ2) is 7.66. The van der Waals surface area contributed by atoms with Crippen molar-refractivity contribution < 1.29 is 14.0 Å². The van der Waals surface area contributed by atoms with E-state index in [0.29, 0.717) is 17.3 Å². The van der Waals surface area contributed by atoms with Crippen LogP contribution >= 0.6 is 11.6 Å². The Morgan fingerprint density at radius 3 is 2.55 bits per heavy atom. The lowest BCUT2D eigenvalue weighted by atomic mass is 10.0. The monoisotopic (exact) mass is 320 g/mol. The first-order chi connectivity index (χ1) is 10.5. The summed E-state index contributed by atoms with van der Waals surface area (Å²) >= 11 is 5.86. The van der Waals surface area contributed by atoms with Crippen LogP contribution in [0.1, 0.15) is 30.7 Å². The van der Waals surface area contributed by atoms with E-state index in [4.69, 9.17) is 16.0 Å². The van der Waals surface area contributed by atoms with Gasteiger partial charge in [0.05, 0.1) is 25.3 Å². The number of halogens is 1. The van der Waals surface area contributed by atoms with E-state index in [1.807, 2.05) is 0 Å². The minimum atomic E-state index is -0.397. The molecule has 2 rings (SSSR count). The summed E-state index contributed by atoms with van der Waals surface area (Å²) in [4.78, 5) is 23.4.